The van der Waals surface area contributed by atoms with E-state index in [1.165, 1.54) is 16.7 Å². The van der Waals surface area contributed by atoms with E-state index in [0.717, 1.165) is 30.8 Å². The molecular weight excluding hydrogens is 667 g/mol. The van der Waals surface area contributed by atoms with E-state index in [0.29, 0.717) is 11.8 Å². The fraction of sp³-hybridized carbons (Fsp3) is 0.833. The standard InChI is InChI=1S/C42H79NO4Si3/c1-28(24-37-42(15,16)29(2)25-38(43-17)44-37)30(3)34(45-48(18,19)39(6,7)8)26-33-31(4)35(46-49(20,21)40(9,10)11)27-36(32(33)5)47-50(22,23)41(12,13)14/h27-30,34,37-38H,24-26H2,1-16,18-23H3/t28-,29+,30+,34+,37+,38-/m0/s1. The number of ether oxygens (including phenoxy) is 1. The molecule has 0 aromatic heterocycles. The van der Waals surface area contributed by atoms with Crippen molar-refractivity contribution >= 4 is 25.0 Å². The number of hydrogen-bond acceptors (Lipinski definition) is 4. The van der Waals surface area contributed by atoms with Crippen LogP contribution in [0.2, 0.25) is 54.4 Å². The van der Waals surface area contributed by atoms with Crippen LogP contribution in [0.5, 0.6) is 11.5 Å². The molecule has 0 N–H and O–H groups in total. The Morgan fingerprint density at radius 1 is 0.820 bits per heavy atom. The average Bonchev–Trinajstić information content (AvgIpc) is 2.92. The molecule has 0 bridgehead atoms. The molecule has 288 valence electrons. The maximum atomic E-state index is 7.74. The maximum absolute atomic E-state index is 7.74. The predicted molar refractivity (Wildman–Crippen MR) is 223 cm³/mol. The first-order chi connectivity index (χ1) is 22.2. The molecule has 2 rings (SSSR count). The lowest BCUT2D eigenvalue weighted by atomic mass is 9.68. The summed E-state index contributed by atoms with van der Waals surface area (Å²) in [5, 5.41) is 0.220. The fourth-order valence-electron chi connectivity index (χ4n) is 6.08. The van der Waals surface area contributed by atoms with E-state index >= 15 is 0 Å². The van der Waals surface area contributed by atoms with Gasteiger partial charge in [-0.2, -0.15) is 0 Å². The largest absolute Gasteiger partial charge is 0.543 e. The van der Waals surface area contributed by atoms with Crippen LogP contribution < -0.4 is 8.85 Å². The fourth-order valence-corrected chi connectivity index (χ4v) is 9.63. The second-order valence-electron chi connectivity index (χ2n) is 21.2. The topological polar surface area (TPSA) is 41.3 Å². The third-order valence-electron chi connectivity index (χ3n) is 14.1. The molecule has 1 heterocycles. The number of nitrogens with zero attached hydrogens (tertiary/aromatic N) is 1. The van der Waals surface area contributed by atoms with E-state index < -0.39 is 25.0 Å². The van der Waals surface area contributed by atoms with Crippen LogP contribution in [-0.2, 0) is 15.6 Å². The number of rotatable bonds is 12. The summed E-state index contributed by atoms with van der Waals surface area (Å²) in [6.45, 7) is 58.9. The summed E-state index contributed by atoms with van der Waals surface area (Å²) in [7, 11) is -6.42. The molecule has 0 unspecified atom stereocenters. The molecule has 0 radical (unpaired) electrons. The van der Waals surface area contributed by atoms with E-state index in [1.54, 1.807) is 0 Å². The van der Waals surface area contributed by atoms with Crippen LogP contribution in [0.25, 0.3) is 4.85 Å². The first kappa shape index (κ1) is 45.0. The van der Waals surface area contributed by atoms with Gasteiger partial charge in [0.1, 0.15) is 11.5 Å². The van der Waals surface area contributed by atoms with Gasteiger partial charge in [0.25, 0.3) is 0 Å². The van der Waals surface area contributed by atoms with Gasteiger partial charge in [0.05, 0.1) is 18.6 Å². The molecule has 0 spiro atoms. The van der Waals surface area contributed by atoms with Gasteiger partial charge < -0.3 is 18.0 Å². The van der Waals surface area contributed by atoms with Crippen molar-refractivity contribution in [3.63, 3.8) is 0 Å². The van der Waals surface area contributed by atoms with Gasteiger partial charge >= 0.3 is 6.23 Å². The molecule has 1 fully saturated rings. The third-order valence-corrected chi connectivity index (χ3v) is 27.3. The molecule has 5 nitrogen and oxygen atoms in total. The smallest absolute Gasteiger partial charge is 0.328 e. The molecule has 1 aliphatic heterocycles. The SMILES string of the molecule is [C-]#[N+][C@@H]1C[C@@H](C)C(C)(C)[C@@H](C[C@H](C)[C@@H](C)[C@@H](Cc2c(C)c(O[Si](C)(C)C(C)(C)C)cc(O[Si](C)(C)C(C)(C)C)c2C)O[Si](C)(C)C(C)(C)C)O1. The molecule has 1 aromatic carbocycles. The Morgan fingerprint density at radius 3 is 1.62 bits per heavy atom. The Labute approximate surface area is 313 Å². The predicted octanol–water partition coefficient (Wildman–Crippen LogP) is 13.4. The molecule has 0 aliphatic carbocycles. The summed E-state index contributed by atoms with van der Waals surface area (Å²) < 4.78 is 28.2. The van der Waals surface area contributed by atoms with E-state index in [4.69, 9.17) is 24.6 Å². The van der Waals surface area contributed by atoms with Gasteiger partial charge in [0.2, 0.25) is 16.6 Å². The summed E-state index contributed by atoms with van der Waals surface area (Å²) >= 11 is 0. The normalized spacial score (nSPS) is 22.8. The van der Waals surface area contributed by atoms with Crippen LogP contribution in [0.3, 0.4) is 0 Å². The van der Waals surface area contributed by atoms with Crippen molar-refractivity contribution in [1.82, 2.24) is 0 Å². The van der Waals surface area contributed by atoms with Crippen LogP contribution in [0.15, 0.2) is 6.07 Å². The Hall–Kier alpha value is -1.12. The molecule has 1 aromatic rings. The van der Waals surface area contributed by atoms with E-state index in [9.17, 15) is 0 Å². The molecule has 8 heteroatoms. The van der Waals surface area contributed by atoms with Crippen molar-refractivity contribution in [1.29, 1.82) is 0 Å². The minimum atomic E-state index is -2.15. The lowest BCUT2D eigenvalue weighted by Crippen LogP contribution is -2.49. The second-order valence-corrected chi connectivity index (χ2v) is 35.4. The molecular formula is C42H79NO4Si3. The van der Waals surface area contributed by atoms with Crippen LogP contribution in [0.4, 0.5) is 0 Å². The summed E-state index contributed by atoms with van der Waals surface area (Å²) in [6, 6.07) is 2.21. The highest BCUT2D eigenvalue weighted by atomic mass is 28.4. The number of hydrogen-bond donors (Lipinski definition) is 0. The molecule has 1 saturated heterocycles. The van der Waals surface area contributed by atoms with Crippen molar-refractivity contribution in [2.24, 2.45) is 23.2 Å². The van der Waals surface area contributed by atoms with Crippen molar-refractivity contribution < 1.29 is 18.0 Å². The highest BCUT2D eigenvalue weighted by Crippen LogP contribution is 2.47. The first-order valence-electron chi connectivity index (χ1n) is 19.4. The highest BCUT2D eigenvalue weighted by molar-refractivity contribution is 6.75. The monoisotopic (exact) mass is 746 g/mol. The van der Waals surface area contributed by atoms with Gasteiger partial charge in [-0.3, -0.25) is 4.85 Å². The van der Waals surface area contributed by atoms with Gasteiger partial charge in [-0.25, -0.2) is 6.57 Å². The molecule has 50 heavy (non-hydrogen) atoms. The minimum Gasteiger partial charge on any atom is -0.543 e. The van der Waals surface area contributed by atoms with Crippen molar-refractivity contribution in [3.05, 3.63) is 34.2 Å². The summed E-state index contributed by atoms with van der Waals surface area (Å²) in [5.74, 6) is 2.96. The second kappa shape index (κ2) is 15.3. The van der Waals surface area contributed by atoms with Gasteiger partial charge in [-0.15, -0.1) is 0 Å². The molecule has 1 aliphatic rings. The van der Waals surface area contributed by atoms with Crippen molar-refractivity contribution in [3.8, 4) is 11.5 Å². The maximum Gasteiger partial charge on any atom is 0.328 e. The Balaban J connectivity index is 2.75. The van der Waals surface area contributed by atoms with Gasteiger partial charge in [0, 0.05) is 6.07 Å². The Kier molecular flexibility index (Phi) is 13.8. The quantitative estimate of drug-likeness (QED) is 0.158. The zero-order chi connectivity index (χ0) is 39.2. The molecule has 6 atom stereocenters. The van der Waals surface area contributed by atoms with E-state index in [1.807, 2.05) is 0 Å². The third kappa shape index (κ3) is 10.1. The van der Waals surface area contributed by atoms with Gasteiger partial charge in [-0.05, 0) is 121 Å². The van der Waals surface area contributed by atoms with Crippen LogP contribution in [0, 0.1) is 43.6 Å². The van der Waals surface area contributed by atoms with Crippen molar-refractivity contribution in [2.75, 3.05) is 0 Å². The lowest BCUT2D eigenvalue weighted by molar-refractivity contribution is -0.138. The van der Waals surface area contributed by atoms with Crippen LogP contribution in [-0.4, -0.2) is 43.4 Å². The Bertz CT molecular complexity index is 1300. The summed E-state index contributed by atoms with van der Waals surface area (Å²) in [6.07, 6.45) is 2.21. The van der Waals surface area contributed by atoms with Crippen LogP contribution >= 0.6 is 0 Å². The molecule has 0 amide bonds. The summed E-state index contributed by atoms with van der Waals surface area (Å²) in [4.78, 5) is 3.84. The highest BCUT2D eigenvalue weighted by Gasteiger charge is 2.47. The summed E-state index contributed by atoms with van der Waals surface area (Å²) in [5.41, 5.74) is 3.73. The van der Waals surface area contributed by atoms with Gasteiger partial charge in [-0.1, -0.05) is 96.9 Å². The average molecular weight is 746 g/mol. The first-order valence-corrected chi connectivity index (χ1v) is 28.1. The van der Waals surface area contributed by atoms with E-state index in [2.05, 4.69) is 161 Å². The number of benzene rings is 1. The zero-order valence-electron chi connectivity index (χ0n) is 36.7. The van der Waals surface area contributed by atoms with Crippen molar-refractivity contribution in [2.45, 2.75) is 203 Å². The van der Waals surface area contributed by atoms with Crippen LogP contribution in [0.1, 0.15) is 126 Å². The minimum absolute atomic E-state index is 0.00351. The molecule has 0 saturated carbocycles. The van der Waals surface area contributed by atoms with Gasteiger partial charge in [0.15, 0.2) is 8.32 Å². The lowest BCUT2D eigenvalue weighted by Gasteiger charge is -2.46. The zero-order valence-corrected chi connectivity index (χ0v) is 39.7. The van der Waals surface area contributed by atoms with E-state index in [-0.39, 0.29) is 44.9 Å². The Morgan fingerprint density at radius 2 is 1.24 bits per heavy atom.